The number of aromatic nitrogens is 1. The molecular formula is C17H13NO3. The third kappa shape index (κ3) is 2.56. The van der Waals surface area contributed by atoms with Gasteiger partial charge in [-0.3, -0.25) is 4.98 Å². The van der Waals surface area contributed by atoms with Gasteiger partial charge in [-0.1, -0.05) is 12.1 Å². The summed E-state index contributed by atoms with van der Waals surface area (Å²) in [6.07, 6.45) is 1.72. The van der Waals surface area contributed by atoms with Gasteiger partial charge in [0.15, 0.2) is 0 Å². The monoisotopic (exact) mass is 279 g/mol. The van der Waals surface area contributed by atoms with Gasteiger partial charge >= 0.3 is 5.97 Å². The zero-order valence-corrected chi connectivity index (χ0v) is 11.4. The lowest BCUT2D eigenvalue weighted by Gasteiger charge is -2.11. The molecule has 0 saturated heterocycles. The Kier molecular flexibility index (Phi) is 3.28. The van der Waals surface area contributed by atoms with Crippen LogP contribution in [0.1, 0.15) is 15.9 Å². The third-order valence-corrected chi connectivity index (χ3v) is 3.26. The van der Waals surface area contributed by atoms with E-state index in [-0.39, 0.29) is 5.56 Å². The van der Waals surface area contributed by atoms with Crippen LogP contribution in [0.15, 0.2) is 54.7 Å². The number of rotatable bonds is 3. The van der Waals surface area contributed by atoms with Gasteiger partial charge in [0.1, 0.15) is 11.5 Å². The summed E-state index contributed by atoms with van der Waals surface area (Å²) in [5, 5.41) is 9.96. The fraction of sp³-hybridized carbons (Fsp3) is 0.0588. The summed E-state index contributed by atoms with van der Waals surface area (Å²) in [6.45, 7) is 1.88. The van der Waals surface area contributed by atoms with E-state index in [0.29, 0.717) is 11.5 Å². The van der Waals surface area contributed by atoms with Gasteiger partial charge in [-0.2, -0.15) is 0 Å². The van der Waals surface area contributed by atoms with Crippen LogP contribution in [-0.4, -0.2) is 16.1 Å². The molecule has 0 bridgehead atoms. The summed E-state index contributed by atoms with van der Waals surface area (Å²) in [6, 6.07) is 14.2. The van der Waals surface area contributed by atoms with E-state index in [4.69, 9.17) is 9.84 Å². The minimum atomic E-state index is -0.973. The second kappa shape index (κ2) is 5.25. The van der Waals surface area contributed by atoms with Crippen LogP contribution < -0.4 is 4.74 Å². The molecule has 104 valence electrons. The largest absolute Gasteiger partial charge is 0.478 e. The number of hydrogen-bond donors (Lipinski definition) is 1. The van der Waals surface area contributed by atoms with Crippen molar-refractivity contribution < 1.29 is 14.6 Å². The van der Waals surface area contributed by atoms with Gasteiger partial charge < -0.3 is 9.84 Å². The Morgan fingerprint density at radius 1 is 1.10 bits per heavy atom. The molecular weight excluding hydrogens is 266 g/mol. The van der Waals surface area contributed by atoms with Gasteiger partial charge in [0.05, 0.1) is 11.1 Å². The number of carboxylic acid groups (broad SMARTS) is 1. The van der Waals surface area contributed by atoms with Crippen molar-refractivity contribution in [3.05, 3.63) is 65.9 Å². The maximum Gasteiger partial charge on any atom is 0.335 e. The normalized spacial score (nSPS) is 10.5. The maximum absolute atomic E-state index is 11.1. The van der Waals surface area contributed by atoms with Crippen molar-refractivity contribution in [2.45, 2.75) is 6.92 Å². The molecule has 1 heterocycles. The Bertz CT molecular complexity index is 822. The zero-order valence-electron chi connectivity index (χ0n) is 11.4. The van der Waals surface area contributed by atoms with Crippen LogP contribution in [0.2, 0.25) is 0 Å². The molecule has 21 heavy (non-hydrogen) atoms. The lowest BCUT2D eigenvalue weighted by Crippen LogP contribution is -1.98. The Hall–Kier alpha value is -2.88. The van der Waals surface area contributed by atoms with Crippen molar-refractivity contribution in [1.29, 1.82) is 0 Å². The van der Waals surface area contributed by atoms with E-state index in [1.165, 1.54) is 6.07 Å². The first kappa shape index (κ1) is 13.1. The molecule has 0 fully saturated rings. The molecule has 0 unspecified atom stereocenters. The van der Waals surface area contributed by atoms with Gasteiger partial charge in [-0.15, -0.1) is 0 Å². The average molecular weight is 279 g/mol. The van der Waals surface area contributed by atoms with Crippen molar-refractivity contribution in [1.82, 2.24) is 4.98 Å². The number of fused-ring (bicyclic) bond motifs is 1. The summed E-state index contributed by atoms with van der Waals surface area (Å²) < 4.78 is 5.91. The van der Waals surface area contributed by atoms with E-state index in [1.807, 2.05) is 37.3 Å². The first-order valence-corrected chi connectivity index (χ1v) is 6.51. The predicted octanol–water partition coefficient (Wildman–Crippen LogP) is 4.03. The molecule has 0 saturated carbocycles. The number of ether oxygens (including phenoxy) is 1. The fourth-order valence-electron chi connectivity index (χ4n) is 2.13. The van der Waals surface area contributed by atoms with Gasteiger partial charge in [0.25, 0.3) is 0 Å². The highest BCUT2D eigenvalue weighted by molar-refractivity contribution is 5.88. The second-order valence-corrected chi connectivity index (χ2v) is 4.71. The van der Waals surface area contributed by atoms with Crippen molar-refractivity contribution in [2.75, 3.05) is 0 Å². The Morgan fingerprint density at radius 3 is 2.76 bits per heavy atom. The van der Waals surface area contributed by atoms with E-state index in [0.717, 1.165) is 16.5 Å². The second-order valence-electron chi connectivity index (χ2n) is 4.71. The highest BCUT2D eigenvalue weighted by atomic mass is 16.5. The molecule has 0 spiro atoms. The van der Waals surface area contributed by atoms with Crippen LogP contribution in [0.5, 0.6) is 11.5 Å². The molecule has 0 amide bonds. The number of pyridine rings is 1. The molecule has 2 aromatic carbocycles. The first-order valence-electron chi connectivity index (χ1n) is 6.51. The van der Waals surface area contributed by atoms with Crippen LogP contribution in [-0.2, 0) is 0 Å². The number of carbonyl (C=O) groups is 1. The molecule has 3 rings (SSSR count). The summed E-state index contributed by atoms with van der Waals surface area (Å²) in [5.41, 5.74) is 1.91. The summed E-state index contributed by atoms with van der Waals surface area (Å²) in [4.78, 5) is 15.3. The molecule has 3 aromatic rings. The minimum absolute atomic E-state index is 0.203. The lowest BCUT2D eigenvalue weighted by atomic mass is 10.1. The van der Waals surface area contributed by atoms with Crippen molar-refractivity contribution in [3.8, 4) is 11.5 Å². The molecule has 1 N–H and O–H groups in total. The Labute approximate surface area is 121 Å². The molecule has 0 atom stereocenters. The summed E-state index contributed by atoms with van der Waals surface area (Å²) >= 11 is 0. The van der Waals surface area contributed by atoms with E-state index in [1.54, 1.807) is 18.3 Å². The third-order valence-electron chi connectivity index (χ3n) is 3.26. The molecule has 4 nitrogen and oxygen atoms in total. The summed E-state index contributed by atoms with van der Waals surface area (Å²) in [5.74, 6) is 0.219. The SMILES string of the molecule is Cc1ccc(C(=O)O)cc1Oc1cccc2ncccc12. The molecule has 0 aliphatic heterocycles. The number of carboxylic acids is 1. The quantitative estimate of drug-likeness (QED) is 0.786. The number of hydrogen-bond acceptors (Lipinski definition) is 3. The Morgan fingerprint density at radius 2 is 1.95 bits per heavy atom. The van der Waals surface area contributed by atoms with Crippen LogP contribution in [0.25, 0.3) is 10.9 Å². The van der Waals surface area contributed by atoms with Crippen molar-refractivity contribution >= 4 is 16.9 Å². The number of aromatic carboxylic acids is 1. The molecule has 4 heteroatoms. The summed E-state index contributed by atoms with van der Waals surface area (Å²) in [7, 11) is 0. The van der Waals surface area contributed by atoms with Crippen LogP contribution in [0.3, 0.4) is 0 Å². The van der Waals surface area contributed by atoms with Crippen LogP contribution >= 0.6 is 0 Å². The fourth-order valence-corrected chi connectivity index (χ4v) is 2.13. The molecule has 0 aliphatic rings. The zero-order chi connectivity index (χ0) is 14.8. The van der Waals surface area contributed by atoms with Crippen molar-refractivity contribution in [3.63, 3.8) is 0 Å². The number of benzene rings is 2. The minimum Gasteiger partial charge on any atom is -0.478 e. The van der Waals surface area contributed by atoms with E-state index in [2.05, 4.69) is 4.98 Å². The Balaban J connectivity index is 2.06. The van der Waals surface area contributed by atoms with E-state index < -0.39 is 5.97 Å². The van der Waals surface area contributed by atoms with Crippen molar-refractivity contribution in [2.24, 2.45) is 0 Å². The number of nitrogens with zero attached hydrogens (tertiary/aromatic N) is 1. The maximum atomic E-state index is 11.1. The highest BCUT2D eigenvalue weighted by Crippen LogP contribution is 2.31. The lowest BCUT2D eigenvalue weighted by molar-refractivity contribution is 0.0696. The molecule has 0 radical (unpaired) electrons. The molecule has 1 aromatic heterocycles. The van der Waals surface area contributed by atoms with E-state index in [9.17, 15) is 4.79 Å². The predicted molar refractivity (Wildman–Crippen MR) is 80.0 cm³/mol. The van der Waals surface area contributed by atoms with Gasteiger partial charge in [-0.25, -0.2) is 4.79 Å². The average Bonchev–Trinajstić information content (AvgIpc) is 2.49. The smallest absolute Gasteiger partial charge is 0.335 e. The van der Waals surface area contributed by atoms with E-state index >= 15 is 0 Å². The van der Waals surface area contributed by atoms with Gasteiger partial charge in [0, 0.05) is 11.6 Å². The van der Waals surface area contributed by atoms with Crippen LogP contribution in [0.4, 0.5) is 0 Å². The van der Waals surface area contributed by atoms with Gasteiger partial charge in [0.2, 0.25) is 0 Å². The van der Waals surface area contributed by atoms with Gasteiger partial charge in [-0.05, 0) is 48.9 Å². The van der Waals surface area contributed by atoms with Crippen LogP contribution in [0, 0.1) is 6.92 Å². The molecule has 0 aliphatic carbocycles. The first-order chi connectivity index (χ1) is 10.1. The topological polar surface area (TPSA) is 59.4 Å². The highest BCUT2D eigenvalue weighted by Gasteiger charge is 2.09. The number of aryl methyl sites for hydroxylation is 1. The standard InChI is InChI=1S/C17H13NO3/c1-11-7-8-12(17(19)20)10-16(11)21-15-6-2-5-14-13(15)4-3-9-18-14/h2-10H,1H3,(H,19,20).